The van der Waals surface area contributed by atoms with Crippen LogP contribution in [0.2, 0.25) is 0 Å². The van der Waals surface area contributed by atoms with Crippen molar-refractivity contribution in [3.63, 3.8) is 0 Å². The first-order valence-electron chi connectivity index (χ1n) is 9.99. The van der Waals surface area contributed by atoms with Gasteiger partial charge >= 0.3 is 0 Å². The first-order valence-corrected chi connectivity index (χ1v) is 11.9. The predicted molar refractivity (Wildman–Crippen MR) is 126 cm³/mol. The Bertz CT molecular complexity index is 1160. The molecular formula is C23H24N4OS2. The molecule has 1 amide bonds. The van der Waals surface area contributed by atoms with Gasteiger partial charge < -0.3 is 9.88 Å². The fourth-order valence-electron chi connectivity index (χ4n) is 3.31. The Kier molecular flexibility index (Phi) is 6.20. The second-order valence-corrected chi connectivity index (χ2v) is 9.16. The van der Waals surface area contributed by atoms with E-state index in [1.807, 2.05) is 24.3 Å². The molecule has 0 fully saturated rings. The van der Waals surface area contributed by atoms with Crippen LogP contribution >= 0.6 is 23.1 Å². The maximum atomic E-state index is 12.4. The summed E-state index contributed by atoms with van der Waals surface area (Å²) in [7, 11) is 0. The van der Waals surface area contributed by atoms with Crippen LogP contribution in [-0.4, -0.2) is 26.4 Å². The van der Waals surface area contributed by atoms with Crippen molar-refractivity contribution in [3.8, 4) is 11.4 Å². The summed E-state index contributed by atoms with van der Waals surface area (Å²) in [5, 5.41) is 15.8. The second-order valence-electron chi connectivity index (χ2n) is 7.31. The minimum Gasteiger partial charge on any atom is -0.325 e. The van der Waals surface area contributed by atoms with Crippen molar-refractivity contribution in [2.75, 3.05) is 11.1 Å². The van der Waals surface area contributed by atoms with Gasteiger partial charge in [-0.2, -0.15) is 0 Å². The van der Waals surface area contributed by atoms with Crippen LogP contribution in [0.5, 0.6) is 0 Å². The molecule has 0 atom stereocenters. The van der Waals surface area contributed by atoms with Gasteiger partial charge in [-0.15, -0.1) is 21.5 Å². The zero-order valence-corrected chi connectivity index (χ0v) is 18.9. The zero-order valence-electron chi connectivity index (χ0n) is 17.3. The maximum absolute atomic E-state index is 12.4. The zero-order chi connectivity index (χ0) is 21.1. The molecule has 2 heterocycles. The van der Waals surface area contributed by atoms with Gasteiger partial charge in [0.1, 0.15) is 0 Å². The number of hydrogen-bond donors (Lipinski definition) is 1. The lowest BCUT2D eigenvalue weighted by molar-refractivity contribution is -0.113. The Labute approximate surface area is 184 Å². The van der Waals surface area contributed by atoms with Crippen molar-refractivity contribution >= 4 is 44.8 Å². The highest BCUT2D eigenvalue weighted by Crippen LogP contribution is 2.34. The van der Waals surface area contributed by atoms with E-state index in [0.717, 1.165) is 28.8 Å². The van der Waals surface area contributed by atoms with Gasteiger partial charge in [0.25, 0.3) is 0 Å². The smallest absolute Gasteiger partial charge is 0.234 e. The van der Waals surface area contributed by atoms with Crippen LogP contribution < -0.4 is 5.32 Å². The molecule has 0 unspecified atom stereocenters. The van der Waals surface area contributed by atoms with Gasteiger partial charge in [-0.1, -0.05) is 55.9 Å². The van der Waals surface area contributed by atoms with Gasteiger partial charge in [0, 0.05) is 33.3 Å². The molecule has 154 valence electrons. The number of rotatable bonds is 7. The van der Waals surface area contributed by atoms with Gasteiger partial charge in [-0.3, -0.25) is 4.79 Å². The molecule has 1 N–H and O–H groups in total. The number of nitrogens with one attached hydrogen (secondary N) is 1. The normalized spacial score (nSPS) is 11.3. The van der Waals surface area contributed by atoms with Crippen molar-refractivity contribution in [1.82, 2.24) is 14.8 Å². The van der Waals surface area contributed by atoms with Crippen LogP contribution in [0, 0.1) is 0 Å². The van der Waals surface area contributed by atoms with Crippen LogP contribution in [0.4, 0.5) is 5.69 Å². The van der Waals surface area contributed by atoms with E-state index in [9.17, 15) is 4.79 Å². The molecule has 4 rings (SSSR count). The molecule has 4 aromatic rings. The molecule has 0 aliphatic carbocycles. The Morgan fingerprint density at radius 2 is 1.90 bits per heavy atom. The number of thioether (sulfide) groups is 1. The average Bonchev–Trinajstić information content (AvgIpc) is 3.36. The van der Waals surface area contributed by atoms with E-state index in [4.69, 9.17) is 0 Å². The number of benzene rings is 2. The molecule has 2 aromatic heterocycles. The fourth-order valence-corrected chi connectivity index (χ4v) is 5.05. The number of aromatic nitrogens is 3. The summed E-state index contributed by atoms with van der Waals surface area (Å²) in [6.07, 6.45) is 0. The Morgan fingerprint density at radius 3 is 2.63 bits per heavy atom. The lowest BCUT2D eigenvalue weighted by atomic mass is 10.0. The molecule has 5 nitrogen and oxygen atoms in total. The molecule has 0 saturated carbocycles. The highest BCUT2D eigenvalue weighted by atomic mass is 32.2. The lowest BCUT2D eigenvalue weighted by Crippen LogP contribution is -2.14. The highest BCUT2D eigenvalue weighted by Gasteiger charge is 2.17. The summed E-state index contributed by atoms with van der Waals surface area (Å²) >= 11 is 3.12. The molecule has 0 radical (unpaired) electrons. The summed E-state index contributed by atoms with van der Waals surface area (Å²) in [6, 6.07) is 16.3. The molecule has 0 aliphatic rings. The summed E-state index contributed by atoms with van der Waals surface area (Å²) in [6.45, 7) is 7.12. The van der Waals surface area contributed by atoms with Crippen LogP contribution in [0.25, 0.3) is 21.5 Å². The van der Waals surface area contributed by atoms with E-state index >= 15 is 0 Å². The minimum atomic E-state index is -0.0505. The number of fused-ring (bicyclic) bond motifs is 1. The maximum Gasteiger partial charge on any atom is 0.234 e. The number of amides is 1. The molecular weight excluding hydrogens is 412 g/mol. The quantitative estimate of drug-likeness (QED) is 0.359. The largest absolute Gasteiger partial charge is 0.325 e. The van der Waals surface area contributed by atoms with Crippen molar-refractivity contribution in [2.24, 2.45) is 0 Å². The molecule has 2 aromatic carbocycles. The molecule has 0 aliphatic heterocycles. The standard InChI is InChI=1S/C23H24N4OS2/c1-4-27-22(19-13-29-20-8-6-5-7-18(19)20)25-26-23(27)30-14-21(28)24-17-11-9-16(10-12-17)15(2)3/h5-13,15H,4,14H2,1-3H3,(H,24,28). The molecule has 30 heavy (non-hydrogen) atoms. The minimum absolute atomic E-state index is 0.0505. The van der Waals surface area contributed by atoms with Crippen LogP contribution in [-0.2, 0) is 11.3 Å². The third kappa shape index (κ3) is 4.27. The Balaban J connectivity index is 1.46. The van der Waals surface area contributed by atoms with E-state index in [0.29, 0.717) is 5.92 Å². The summed E-state index contributed by atoms with van der Waals surface area (Å²) in [4.78, 5) is 12.4. The average molecular weight is 437 g/mol. The number of thiophene rings is 1. The van der Waals surface area contributed by atoms with E-state index in [2.05, 4.69) is 70.5 Å². The van der Waals surface area contributed by atoms with Crippen LogP contribution in [0.1, 0.15) is 32.3 Å². The van der Waals surface area contributed by atoms with Gasteiger partial charge in [0.2, 0.25) is 5.91 Å². The van der Waals surface area contributed by atoms with E-state index < -0.39 is 0 Å². The second kappa shape index (κ2) is 9.02. The lowest BCUT2D eigenvalue weighted by Gasteiger charge is -2.09. The van der Waals surface area contributed by atoms with E-state index in [1.165, 1.54) is 27.4 Å². The van der Waals surface area contributed by atoms with Gasteiger partial charge in [0.05, 0.1) is 5.75 Å². The molecule has 0 spiro atoms. The number of anilines is 1. The summed E-state index contributed by atoms with van der Waals surface area (Å²) in [5.41, 5.74) is 3.16. The molecule has 7 heteroatoms. The van der Waals surface area contributed by atoms with Gasteiger partial charge in [-0.05, 0) is 36.6 Å². The SMILES string of the molecule is CCn1c(SCC(=O)Nc2ccc(C(C)C)cc2)nnc1-c1csc2ccccc12. The van der Waals surface area contributed by atoms with Gasteiger partial charge in [0.15, 0.2) is 11.0 Å². The van der Waals surface area contributed by atoms with Crippen LogP contribution in [0.15, 0.2) is 59.1 Å². The predicted octanol–water partition coefficient (Wildman–Crippen LogP) is 6.03. The Hall–Kier alpha value is -2.64. The summed E-state index contributed by atoms with van der Waals surface area (Å²) < 4.78 is 3.30. The first-order chi connectivity index (χ1) is 14.6. The fraction of sp³-hybridized carbons (Fsp3) is 0.261. The topological polar surface area (TPSA) is 59.8 Å². The van der Waals surface area contributed by atoms with Crippen LogP contribution in [0.3, 0.4) is 0 Å². The van der Waals surface area contributed by atoms with E-state index in [1.54, 1.807) is 11.3 Å². The van der Waals surface area contributed by atoms with Gasteiger partial charge in [-0.25, -0.2) is 0 Å². The Morgan fingerprint density at radius 1 is 1.13 bits per heavy atom. The number of carbonyl (C=O) groups excluding carboxylic acids is 1. The number of hydrogen-bond acceptors (Lipinski definition) is 5. The number of nitrogens with zero attached hydrogens (tertiary/aromatic N) is 3. The third-order valence-electron chi connectivity index (χ3n) is 4.95. The first kappa shape index (κ1) is 20.6. The van der Waals surface area contributed by atoms with Crippen molar-refractivity contribution in [2.45, 2.75) is 38.4 Å². The molecule has 0 bridgehead atoms. The highest BCUT2D eigenvalue weighted by molar-refractivity contribution is 7.99. The van der Waals surface area contributed by atoms with Crippen molar-refractivity contribution in [1.29, 1.82) is 0 Å². The van der Waals surface area contributed by atoms with Crippen molar-refractivity contribution in [3.05, 3.63) is 59.5 Å². The number of carbonyl (C=O) groups is 1. The van der Waals surface area contributed by atoms with E-state index in [-0.39, 0.29) is 11.7 Å². The summed E-state index contributed by atoms with van der Waals surface area (Å²) in [5.74, 6) is 1.56. The molecule has 0 saturated heterocycles. The third-order valence-corrected chi connectivity index (χ3v) is 6.88. The monoisotopic (exact) mass is 436 g/mol. The van der Waals surface area contributed by atoms with Crippen molar-refractivity contribution < 1.29 is 4.79 Å².